The van der Waals surface area contributed by atoms with Crippen LogP contribution in [0, 0.1) is 5.92 Å². The quantitative estimate of drug-likeness (QED) is 0.303. The fraction of sp³-hybridized carbons (Fsp3) is 0.423. The zero-order valence-electron chi connectivity index (χ0n) is 20.0. The van der Waals surface area contributed by atoms with Gasteiger partial charge >= 0.3 is 5.69 Å². The Labute approximate surface area is 200 Å². The van der Waals surface area contributed by atoms with Crippen LogP contribution in [0.2, 0.25) is 0 Å². The lowest BCUT2D eigenvalue weighted by molar-refractivity contribution is 0.424. The lowest BCUT2D eigenvalue weighted by atomic mass is 9.96. The highest BCUT2D eigenvalue weighted by Gasteiger charge is 2.12. The van der Waals surface area contributed by atoms with Gasteiger partial charge in [0.15, 0.2) is 0 Å². The van der Waals surface area contributed by atoms with Crippen molar-refractivity contribution in [2.24, 2.45) is 5.92 Å². The van der Waals surface area contributed by atoms with Crippen molar-refractivity contribution in [3.63, 3.8) is 0 Å². The zero-order valence-corrected chi connectivity index (χ0v) is 20.0. The molecule has 0 aliphatic rings. The van der Waals surface area contributed by atoms with Crippen LogP contribution in [0.3, 0.4) is 0 Å². The van der Waals surface area contributed by atoms with Crippen LogP contribution in [-0.4, -0.2) is 34.7 Å². The summed E-state index contributed by atoms with van der Waals surface area (Å²) in [5, 5.41) is 14.3. The van der Waals surface area contributed by atoms with Crippen molar-refractivity contribution in [3.8, 4) is 22.6 Å². The van der Waals surface area contributed by atoms with Crippen molar-refractivity contribution in [2.45, 2.75) is 65.5 Å². The molecule has 8 heteroatoms. The minimum atomic E-state index is 0.0338. The van der Waals surface area contributed by atoms with Gasteiger partial charge in [-0.25, -0.2) is 4.79 Å². The first kappa shape index (κ1) is 23.6. The number of nitrogens with one attached hydrogen (secondary N) is 1. The summed E-state index contributed by atoms with van der Waals surface area (Å²) in [6, 6.07) is 11.8. The standard InChI is InChI=1S/C26H33N7O/c1-3-20(4-2)10-6-5-9-15-32-16-17-33(26(32)34)19-21-13-14-24(27-18-21)22-11-7-8-12-23(22)25-28-30-31-29-25/h7-8,11-14,16-18,20H,3-6,9-10,15,19H2,1-2H3,(H,28,29,30,31). The Morgan fingerprint density at radius 1 is 0.941 bits per heavy atom. The third-order valence-electron chi connectivity index (χ3n) is 6.55. The van der Waals surface area contributed by atoms with Crippen molar-refractivity contribution in [2.75, 3.05) is 0 Å². The van der Waals surface area contributed by atoms with Crippen LogP contribution >= 0.6 is 0 Å². The number of unbranched alkanes of at least 4 members (excludes halogenated alkanes) is 2. The van der Waals surface area contributed by atoms with Gasteiger partial charge in [0.2, 0.25) is 5.82 Å². The molecule has 8 nitrogen and oxygen atoms in total. The number of benzene rings is 1. The van der Waals surface area contributed by atoms with E-state index in [1.54, 1.807) is 4.57 Å². The smallest absolute Gasteiger partial charge is 0.299 e. The normalized spacial score (nSPS) is 11.4. The summed E-state index contributed by atoms with van der Waals surface area (Å²) in [7, 11) is 0. The molecule has 178 valence electrons. The van der Waals surface area contributed by atoms with Crippen LogP contribution in [0.1, 0.15) is 57.9 Å². The van der Waals surface area contributed by atoms with Crippen LogP contribution in [0.4, 0.5) is 0 Å². The van der Waals surface area contributed by atoms with Crippen LogP contribution in [0.25, 0.3) is 22.6 Å². The maximum Gasteiger partial charge on any atom is 0.328 e. The molecule has 0 saturated heterocycles. The van der Waals surface area contributed by atoms with Crippen molar-refractivity contribution < 1.29 is 0 Å². The van der Waals surface area contributed by atoms with Gasteiger partial charge in [0.1, 0.15) is 0 Å². The van der Waals surface area contributed by atoms with Gasteiger partial charge < -0.3 is 0 Å². The minimum Gasteiger partial charge on any atom is -0.299 e. The van der Waals surface area contributed by atoms with E-state index in [-0.39, 0.29) is 5.69 Å². The second-order valence-corrected chi connectivity index (χ2v) is 8.77. The van der Waals surface area contributed by atoms with E-state index in [2.05, 4.69) is 39.5 Å². The van der Waals surface area contributed by atoms with Crippen molar-refractivity contribution in [1.29, 1.82) is 0 Å². The lowest BCUT2D eigenvalue weighted by Gasteiger charge is -2.11. The first-order chi connectivity index (χ1) is 16.7. The summed E-state index contributed by atoms with van der Waals surface area (Å²) in [6.07, 6.45) is 12.9. The number of aromatic nitrogens is 7. The van der Waals surface area contributed by atoms with Gasteiger partial charge in [0.05, 0.1) is 12.2 Å². The monoisotopic (exact) mass is 459 g/mol. The number of nitrogens with zero attached hydrogens (tertiary/aromatic N) is 6. The first-order valence-electron chi connectivity index (χ1n) is 12.2. The van der Waals surface area contributed by atoms with E-state index in [9.17, 15) is 4.79 Å². The molecule has 0 fully saturated rings. The van der Waals surface area contributed by atoms with Gasteiger partial charge in [-0.3, -0.25) is 14.1 Å². The topological polar surface area (TPSA) is 94.3 Å². The number of pyridine rings is 1. The summed E-state index contributed by atoms with van der Waals surface area (Å²) < 4.78 is 3.56. The number of H-pyrrole nitrogens is 1. The number of hydrogen-bond acceptors (Lipinski definition) is 5. The third-order valence-corrected chi connectivity index (χ3v) is 6.55. The molecule has 0 amide bonds. The largest absolute Gasteiger partial charge is 0.328 e. The van der Waals surface area contributed by atoms with E-state index >= 15 is 0 Å². The van der Waals surface area contributed by atoms with E-state index < -0.39 is 0 Å². The van der Waals surface area contributed by atoms with Gasteiger partial charge in [-0.15, -0.1) is 10.2 Å². The SMILES string of the molecule is CCC(CC)CCCCCn1ccn(Cc2ccc(-c3ccccc3-c3nn[nH]n3)nc2)c1=O. The number of imidazole rings is 1. The van der Waals surface area contributed by atoms with Crippen LogP contribution in [0.5, 0.6) is 0 Å². The van der Waals surface area contributed by atoms with Crippen LogP contribution in [0.15, 0.2) is 59.8 Å². The van der Waals surface area contributed by atoms with Crippen LogP contribution in [-0.2, 0) is 13.1 Å². The Morgan fingerprint density at radius 3 is 2.44 bits per heavy atom. The zero-order chi connectivity index (χ0) is 23.8. The van der Waals surface area contributed by atoms with E-state index in [1.165, 1.54) is 32.1 Å². The molecule has 4 rings (SSSR count). The summed E-state index contributed by atoms with van der Waals surface area (Å²) in [4.78, 5) is 17.4. The number of tetrazole rings is 1. The Bertz CT molecular complexity index is 1200. The molecule has 0 aliphatic carbocycles. The second kappa shape index (κ2) is 11.5. The van der Waals surface area contributed by atoms with Gasteiger partial charge in [0, 0.05) is 36.3 Å². The summed E-state index contributed by atoms with van der Waals surface area (Å²) >= 11 is 0. The minimum absolute atomic E-state index is 0.0338. The molecular formula is C26H33N7O. The maximum absolute atomic E-state index is 12.8. The molecule has 1 N–H and O–H groups in total. The number of aromatic amines is 1. The molecule has 34 heavy (non-hydrogen) atoms. The average molecular weight is 460 g/mol. The highest BCUT2D eigenvalue weighted by atomic mass is 16.1. The van der Waals surface area contributed by atoms with E-state index in [4.69, 9.17) is 0 Å². The fourth-order valence-electron chi connectivity index (χ4n) is 4.38. The highest BCUT2D eigenvalue weighted by molar-refractivity contribution is 5.78. The summed E-state index contributed by atoms with van der Waals surface area (Å²) in [5.41, 5.74) is 3.63. The molecular weight excluding hydrogens is 426 g/mol. The maximum atomic E-state index is 12.8. The van der Waals surface area contributed by atoms with Gasteiger partial charge in [-0.1, -0.05) is 76.3 Å². The Hall–Kier alpha value is -3.55. The molecule has 0 bridgehead atoms. The molecule has 3 aromatic heterocycles. The third kappa shape index (κ3) is 5.68. The summed E-state index contributed by atoms with van der Waals surface area (Å²) in [6.45, 7) is 5.82. The molecule has 0 atom stereocenters. The van der Waals surface area contributed by atoms with E-state index in [1.807, 2.05) is 59.6 Å². The van der Waals surface area contributed by atoms with Crippen molar-refractivity contribution in [1.82, 2.24) is 34.7 Å². The number of rotatable bonds is 12. The Kier molecular flexibility index (Phi) is 8.01. The summed E-state index contributed by atoms with van der Waals surface area (Å²) in [5.74, 6) is 1.38. The number of hydrogen-bond donors (Lipinski definition) is 1. The molecule has 0 aliphatic heterocycles. The van der Waals surface area contributed by atoms with Crippen LogP contribution < -0.4 is 5.69 Å². The predicted octanol–water partition coefficient (Wildman–Crippen LogP) is 4.94. The van der Waals surface area contributed by atoms with Crippen molar-refractivity contribution in [3.05, 3.63) is 71.0 Å². The number of aryl methyl sites for hydroxylation is 1. The molecule has 0 saturated carbocycles. The second-order valence-electron chi connectivity index (χ2n) is 8.77. The van der Waals surface area contributed by atoms with Gasteiger partial charge in [-0.2, -0.15) is 5.21 Å². The van der Waals surface area contributed by atoms with Gasteiger partial charge in [-0.05, 0) is 29.2 Å². The average Bonchev–Trinajstić information content (AvgIpc) is 3.53. The molecule has 4 aromatic rings. The molecule has 1 aromatic carbocycles. The van der Waals surface area contributed by atoms with Gasteiger partial charge in [0.25, 0.3) is 0 Å². The van der Waals surface area contributed by atoms with E-state index in [0.717, 1.165) is 41.3 Å². The lowest BCUT2D eigenvalue weighted by Crippen LogP contribution is -2.24. The molecule has 0 spiro atoms. The molecule has 0 radical (unpaired) electrons. The predicted molar refractivity (Wildman–Crippen MR) is 133 cm³/mol. The Morgan fingerprint density at radius 2 is 1.74 bits per heavy atom. The Balaban J connectivity index is 1.36. The first-order valence-corrected chi connectivity index (χ1v) is 12.2. The van der Waals surface area contributed by atoms with E-state index in [0.29, 0.717) is 12.4 Å². The fourth-order valence-corrected chi connectivity index (χ4v) is 4.38. The molecule has 3 heterocycles. The molecule has 0 unspecified atom stereocenters. The van der Waals surface area contributed by atoms with Crippen molar-refractivity contribution >= 4 is 0 Å². The highest BCUT2D eigenvalue weighted by Crippen LogP contribution is 2.28.